The fourth-order valence-corrected chi connectivity index (χ4v) is 7.53. The van der Waals surface area contributed by atoms with Crippen LogP contribution >= 0.6 is 11.3 Å². The van der Waals surface area contributed by atoms with Crippen molar-refractivity contribution in [3.63, 3.8) is 0 Å². The van der Waals surface area contributed by atoms with Crippen LogP contribution in [0.1, 0.15) is 73.3 Å². The third-order valence-corrected chi connectivity index (χ3v) is 9.50. The second kappa shape index (κ2) is 9.38. The van der Waals surface area contributed by atoms with Gasteiger partial charge in [-0.15, -0.1) is 11.3 Å². The highest BCUT2D eigenvalue weighted by molar-refractivity contribution is 7.89. The lowest BCUT2D eigenvalue weighted by Gasteiger charge is -2.32. The summed E-state index contributed by atoms with van der Waals surface area (Å²) in [6.45, 7) is 4.59. The summed E-state index contributed by atoms with van der Waals surface area (Å²) in [6, 6.07) is 6.35. The van der Waals surface area contributed by atoms with Gasteiger partial charge < -0.3 is 0 Å². The lowest BCUT2D eigenvalue weighted by atomic mass is 9.93. The lowest BCUT2D eigenvalue weighted by Crippen LogP contribution is -2.41. The van der Waals surface area contributed by atoms with E-state index in [1.54, 1.807) is 39.9 Å². The molecule has 1 aromatic heterocycles. The van der Waals surface area contributed by atoms with Crippen molar-refractivity contribution in [1.29, 1.82) is 0 Å². The van der Waals surface area contributed by atoms with Crippen molar-refractivity contribution in [3.05, 3.63) is 40.4 Å². The molecular weight excluding hydrogens is 430 g/mol. The Labute approximate surface area is 189 Å². The van der Waals surface area contributed by atoms with Gasteiger partial charge in [0, 0.05) is 23.0 Å². The number of hydrogen-bond donors (Lipinski definition) is 1. The fourth-order valence-electron chi connectivity index (χ4n) is 4.67. The Bertz CT molecular complexity index is 1020. The zero-order valence-corrected chi connectivity index (χ0v) is 19.9. The number of nitrogens with one attached hydrogen (secondary N) is 1. The van der Waals surface area contributed by atoms with Gasteiger partial charge in [-0.25, -0.2) is 13.4 Å². The molecule has 8 heteroatoms. The maximum Gasteiger partial charge on any atom is 0.257 e. The molecule has 1 unspecified atom stereocenters. The summed E-state index contributed by atoms with van der Waals surface area (Å²) >= 11 is 1.55. The van der Waals surface area contributed by atoms with Gasteiger partial charge >= 0.3 is 0 Å². The van der Waals surface area contributed by atoms with E-state index in [-0.39, 0.29) is 16.8 Å². The van der Waals surface area contributed by atoms with Gasteiger partial charge in [0.2, 0.25) is 10.0 Å². The number of carbonyl (C=O) groups excluding carboxylic acids is 1. The summed E-state index contributed by atoms with van der Waals surface area (Å²) < 4.78 is 28.0. The second-order valence-electron chi connectivity index (χ2n) is 8.72. The zero-order chi connectivity index (χ0) is 22.0. The molecule has 0 bridgehead atoms. The molecule has 1 heterocycles. The molecule has 6 nitrogen and oxygen atoms in total. The highest BCUT2D eigenvalue weighted by Gasteiger charge is 2.31. The Hall–Kier alpha value is -1.77. The second-order valence-corrected chi connectivity index (χ2v) is 11.7. The molecule has 1 N–H and O–H groups in total. The SMILES string of the molecule is CCN(C1CCCCC1)S(=O)(=O)c1ccc(C(=O)Nc2nc3c(s2)CC(C)CC3)cc1. The van der Waals surface area contributed by atoms with Gasteiger partial charge in [-0.3, -0.25) is 10.1 Å². The largest absolute Gasteiger partial charge is 0.298 e. The van der Waals surface area contributed by atoms with Crippen LogP contribution in [0.4, 0.5) is 5.13 Å². The van der Waals surface area contributed by atoms with Crippen molar-refractivity contribution < 1.29 is 13.2 Å². The molecule has 168 valence electrons. The molecule has 1 fully saturated rings. The number of hydrogen-bond acceptors (Lipinski definition) is 5. The Morgan fingerprint density at radius 2 is 1.87 bits per heavy atom. The summed E-state index contributed by atoms with van der Waals surface area (Å²) in [7, 11) is -3.57. The molecule has 2 aromatic rings. The monoisotopic (exact) mass is 461 g/mol. The Kier molecular flexibility index (Phi) is 6.79. The third kappa shape index (κ3) is 4.86. The minimum Gasteiger partial charge on any atom is -0.298 e. The number of thiazole rings is 1. The smallest absolute Gasteiger partial charge is 0.257 e. The molecule has 1 amide bonds. The van der Waals surface area contributed by atoms with Crippen LogP contribution < -0.4 is 5.32 Å². The highest BCUT2D eigenvalue weighted by atomic mass is 32.2. The van der Waals surface area contributed by atoms with Gasteiger partial charge in [-0.1, -0.05) is 33.1 Å². The van der Waals surface area contributed by atoms with E-state index in [9.17, 15) is 13.2 Å². The average Bonchev–Trinajstić information content (AvgIpc) is 3.16. The molecule has 1 saturated carbocycles. The Balaban J connectivity index is 1.46. The Morgan fingerprint density at radius 1 is 1.16 bits per heavy atom. The van der Waals surface area contributed by atoms with Gasteiger partial charge in [0.05, 0.1) is 10.6 Å². The van der Waals surface area contributed by atoms with Crippen molar-refractivity contribution >= 4 is 32.4 Å². The topological polar surface area (TPSA) is 79.4 Å². The number of amides is 1. The van der Waals surface area contributed by atoms with Crippen molar-refractivity contribution in [2.75, 3.05) is 11.9 Å². The lowest BCUT2D eigenvalue weighted by molar-refractivity contribution is 0.102. The maximum absolute atomic E-state index is 13.2. The predicted octanol–water partition coefficient (Wildman–Crippen LogP) is 4.86. The highest BCUT2D eigenvalue weighted by Crippen LogP contribution is 2.32. The fraction of sp³-hybridized carbons (Fsp3) is 0.565. The molecule has 0 aliphatic heterocycles. The average molecular weight is 462 g/mol. The van der Waals surface area contributed by atoms with Crippen LogP contribution in [0.2, 0.25) is 0 Å². The van der Waals surface area contributed by atoms with Gasteiger partial charge in [0.25, 0.3) is 5.91 Å². The van der Waals surface area contributed by atoms with Crippen molar-refractivity contribution in [3.8, 4) is 0 Å². The first-order valence-electron chi connectivity index (χ1n) is 11.3. The molecule has 0 spiro atoms. The van der Waals surface area contributed by atoms with E-state index in [2.05, 4.69) is 17.2 Å². The van der Waals surface area contributed by atoms with Crippen LogP contribution in [-0.2, 0) is 22.9 Å². The summed E-state index contributed by atoms with van der Waals surface area (Å²) in [4.78, 5) is 18.8. The summed E-state index contributed by atoms with van der Waals surface area (Å²) in [5.41, 5.74) is 1.53. The predicted molar refractivity (Wildman–Crippen MR) is 124 cm³/mol. The molecule has 4 rings (SSSR count). The zero-order valence-electron chi connectivity index (χ0n) is 18.3. The number of anilines is 1. The number of nitrogens with zero attached hydrogens (tertiary/aromatic N) is 2. The van der Waals surface area contributed by atoms with Crippen molar-refractivity contribution in [2.45, 2.75) is 76.2 Å². The van der Waals surface area contributed by atoms with Crippen LogP contribution in [0.3, 0.4) is 0 Å². The van der Waals surface area contributed by atoms with E-state index in [1.807, 2.05) is 6.92 Å². The number of benzene rings is 1. The van der Waals surface area contributed by atoms with Gasteiger partial charge in [-0.2, -0.15) is 4.31 Å². The number of carbonyl (C=O) groups is 1. The molecule has 31 heavy (non-hydrogen) atoms. The minimum atomic E-state index is -3.57. The molecule has 0 radical (unpaired) electrons. The summed E-state index contributed by atoms with van der Waals surface area (Å²) in [6.07, 6.45) is 8.29. The molecule has 0 saturated heterocycles. The summed E-state index contributed by atoms with van der Waals surface area (Å²) in [5, 5.41) is 3.50. The van der Waals surface area contributed by atoms with E-state index in [4.69, 9.17) is 0 Å². The number of sulfonamides is 1. The van der Waals surface area contributed by atoms with Gasteiger partial charge in [0.1, 0.15) is 0 Å². The number of aryl methyl sites for hydroxylation is 1. The van der Waals surface area contributed by atoms with E-state index in [0.717, 1.165) is 50.6 Å². The first-order valence-corrected chi connectivity index (χ1v) is 13.6. The maximum atomic E-state index is 13.2. The molecular formula is C23H31N3O3S2. The number of rotatable bonds is 6. The quantitative estimate of drug-likeness (QED) is 0.666. The van der Waals surface area contributed by atoms with Gasteiger partial charge in [0.15, 0.2) is 5.13 Å². The van der Waals surface area contributed by atoms with Crippen LogP contribution in [0.5, 0.6) is 0 Å². The van der Waals surface area contributed by atoms with E-state index < -0.39 is 10.0 Å². The number of aromatic nitrogens is 1. The van der Waals surface area contributed by atoms with Crippen LogP contribution in [0.15, 0.2) is 29.2 Å². The van der Waals surface area contributed by atoms with Crippen LogP contribution in [0.25, 0.3) is 0 Å². The van der Waals surface area contributed by atoms with Crippen molar-refractivity contribution in [1.82, 2.24) is 9.29 Å². The Morgan fingerprint density at radius 3 is 2.55 bits per heavy atom. The first-order chi connectivity index (χ1) is 14.9. The van der Waals surface area contributed by atoms with Crippen LogP contribution in [0, 0.1) is 5.92 Å². The van der Waals surface area contributed by atoms with Crippen molar-refractivity contribution in [2.24, 2.45) is 5.92 Å². The van der Waals surface area contributed by atoms with E-state index in [1.165, 1.54) is 11.3 Å². The molecule has 1 aromatic carbocycles. The summed E-state index contributed by atoms with van der Waals surface area (Å²) in [5.74, 6) is 0.394. The minimum absolute atomic E-state index is 0.0744. The normalized spacial score (nSPS) is 19.9. The molecule has 2 aliphatic carbocycles. The molecule has 2 aliphatic rings. The first kappa shape index (κ1) is 22.4. The number of fused-ring (bicyclic) bond motifs is 1. The molecule has 1 atom stereocenters. The standard InChI is InChI=1S/C23H31N3O3S2/c1-3-26(18-7-5-4-6-8-18)31(28,29)19-12-10-17(11-13-19)22(27)25-23-24-20-14-9-16(2)15-21(20)30-23/h10-13,16,18H,3-9,14-15H2,1-2H3,(H,24,25,27). The van der Waals surface area contributed by atoms with E-state index >= 15 is 0 Å². The third-order valence-electron chi connectivity index (χ3n) is 6.42. The van der Waals surface area contributed by atoms with Gasteiger partial charge in [-0.05, 0) is 62.3 Å². The van der Waals surface area contributed by atoms with Crippen LogP contribution in [-0.4, -0.2) is 36.2 Å². The van der Waals surface area contributed by atoms with E-state index in [0.29, 0.717) is 23.2 Å².